The van der Waals surface area contributed by atoms with Crippen LogP contribution in [0.4, 0.5) is 15.4 Å². The van der Waals surface area contributed by atoms with Gasteiger partial charge in [0.2, 0.25) is 37.7 Å². The van der Waals surface area contributed by atoms with E-state index in [9.17, 15) is 49.2 Å². The second kappa shape index (κ2) is 54.7. The first-order valence-electron chi connectivity index (χ1n) is 30.9. The number of hydrogen-bond acceptors (Lipinski definition) is 32. The Morgan fingerprint density at radius 2 is 0.973 bits per heavy atom. The molecular weight excluding hydrogens is 1730 g/mol. The molecule has 0 spiro atoms. The minimum Gasteiger partial charge on any atom is -0.478 e. The van der Waals surface area contributed by atoms with Crippen molar-refractivity contribution < 1.29 is 62.8 Å². The zero-order chi connectivity index (χ0) is 83.9. The van der Waals surface area contributed by atoms with Gasteiger partial charge in [0.25, 0.3) is 0 Å². The molecule has 9 aromatic rings. The molecule has 50 heteroatoms. The van der Waals surface area contributed by atoms with Crippen LogP contribution in [-0.2, 0) is 86.2 Å². The molecular formula is C60H79Cl4N21O14S11. The Hall–Kier alpha value is -7.91. The standard InChI is InChI=1S/C17H20N6O3S3.C11H10ClN3O3S2.C9H9N3O2S2.C8H8O2.C6H11N3S.C3H5ClO.C3H9N3S.C2H2Cl2O.CH5N3S.O2S/c1-4-13-19-22-17(23(13)5-2)27-10-14(24)18-16-21-20-15(28-16)11-6-8-12(9-7-11)29(3,25)26;1-20(17,18)8-4-2-7(3-5-8)10-14-15-11(19-10)13-9(16)6-12;1-16(13,14)7-4-2-6(3-5-7)8-11-12-9(10)15-8;1-6-2-4-7(5-3-6)8(9)10;1-3-5-7-8-6(10)9(5)4-2;1-2-3(4)5;1-2-5-3(7)6-4;3-1-2(4)5;2-1(5)4-3;1-3-2/h6-9H,4-5,10H2,1-3H3,(H,18,21,24);2-5H,6H2,1H3,(H,13,15,16);2-5H,1H3,(H2,10,12);2-5H,1H3,(H,9,10);3-4H2,1-2H3,(H,8,10);2H2,1H3;2,4H2,1H3,(H2,5,6,7);1H2;3H2,(H3,2,4,5);. The van der Waals surface area contributed by atoms with Crippen LogP contribution in [0.5, 0.6) is 0 Å². The lowest BCUT2D eigenvalue weighted by Gasteiger charge is -2.05. The van der Waals surface area contributed by atoms with Crippen molar-refractivity contribution in [1.29, 1.82) is 0 Å². The number of nitrogens with one attached hydrogen (secondary N) is 6. The summed E-state index contributed by atoms with van der Waals surface area (Å²) in [5.74, 6) is 9.97. The maximum absolute atomic E-state index is 12.2. The van der Waals surface area contributed by atoms with Crippen molar-refractivity contribution in [1.82, 2.24) is 76.3 Å². The topological polar surface area (TPSA) is 548 Å². The SMILES string of the molecule is CCC(=O)Cl.CCNC(=S)NN.CCc1n[nH]c(=S)n1CC.CCc1nnc(SCC(=O)Nc2nnc(-c3ccc(S(C)(=O)=O)cc3)s2)n1CC.CS(=O)(=O)c1ccc(-c2nnc(N)s2)cc1.CS(=O)(=O)c1ccc(-c2nnc(NC(=O)CCl)s2)cc1.Cc1ccc(C(=O)O)cc1.NNC(N)=S.O=C(Cl)CCl.O=S=O. The van der Waals surface area contributed by atoms with Crippen LogP contribution in [0.25, 0.3) is 31.7 Å². The Morgan fingerprint density at radius 1 is 0.582 bits per heavy atom. The van der Waals surface area contributed by atoms with Crippen LogP contribution in [0, 0.1) is 11.7 Å². The summed E-state index contributed by atoms with van der Waals surface area (Å²) in [5, 5.41) is 58.4. The van der Waals surface area contributed by atoms with Gasteiger partial charge in [-0.1, -0.05) is 121 Å². The molecule has 4 aromatic carbocycles. The van der Waals surface area contributed by atoms with Gasteiger partial charge in [-0.15, -0.1) is 64.0 Å². The number of nitrogens with zero attached hydrogens (tertiary/aromatic N) is 11. The van der Waals surface area contributed by atoms with Gasteiger partial charge >= 0.3 is 17.5 Å². The molecule has 0 bridgehead atoms. The smallest absolute Gasteiger partial charge is 0.335 e. The number of halogens is 4. The van der Waals surface area contributed by atoms with Crippen LogP contribution in [-0.4, -0.2) is 180 Å². The Labute approximate surface area is 690 Å². The lowest BCUT2D eigenvalue weighted by molar-refractivity contribution is -0.114. The number of nitrogen functional groups attached to an aromatic ring is 1. The molecule has 0 aliphatic carbocycles. The van der Waals surface area contributed by atoms with E-state index in [1.54, 1.807) is 79.7 Å². The van der Waals surface area contributed by atoms with Crippen molar-refractivity contribution in [2.45, 2.75) is 101 Å². The number of hydrazine groups is 2. The van der Waals surface area contributed by atoms with E-state index in [1.165, 1.54) is 76.3 Å². The van der Waals surface area contributed by atoms with Crippen molar-refractivity contribution in [3.63, 3.8) is 0 Å². The second-order valence-corrected chi connectivity index (χ2v) is 32.9. The lowest BCUT2D eigenvalue weighted by Crippen LogP contribution is -2.39. The molecule has 5 aromatic heterocycles. The number of aromatic carboxylic acids is 1. The van der Waals surface area contributed by atoms with Gasteiger partial charge in [-0.05, 0) is 136 Å². The molecule has 602 valence electrons. The highest BCUT2D eigenvalue weighted by atomic mass is 35.5. The highest BCUT2D eigenvalue weighted by Gasteiger charge is 2.17. The number of aromatic nitrogens is 12. The van der Waals surface area contributed by atoms with E-state index in [0.717, 1.165) is 83.7 Å². The number of aryl methyl sites for hydroxylation is 3. The number of alkyl halides is 2. The summed E-state index contributed by atoms with van der Waals surface area (Å²) in [6.07, 6.45) is 5.62. The van der Waals surface area contributed by atoms with Crippen molar-refractivity contribution in [3.8, 4) is 31.7 Å². The minimum absolute atomic E-state index is 0.0957. The Morgan fingerprint density at radius 3 is 1.26 bits per heavy atom. The number of anilines is 3. The molecule has 15 N–H and O–H groups in total. The number of H-pyrrole nitrogens is 1. The Kier molecular flexibility index (Phi) is 50.7. The first-order valence-corrected chi connectivity index (χ1v) is 43.7. The maximum atomic E-state index is 12.2. The summed E-state index contributed by atoms with van der Waals surface area (Å²) in [7, 11) is -9.62. The van der Waals surface area contributed by atoms with Crippen molar-refractivity contribution in [2.24, 2.45) is 17.4 Å². The monoisotopic (exact) mass is 1810 g/mol. The van der Waals surface area contributed by atoms with E-state index in [2.05, 4.69) is 116 Å². The summed E-state index contributed by atoms with van der Waals surface area (Å²) in [6, 6.07) is 25.9. The fraction of sp³-hybridized carbons (Fsp3) is 0.317. The fourth-order valence-electron chi connectivity index (χ4n) is 6.96. The summed E-state index contributed by atoms with van der Waals surface area (Å²) >= 11 is 37.8. The summed E-state index contributed by atoms with van der Waals surface area (Å²) < 4.78 is 89.6. The molecule has 0 atom stereocenters. The quantitative estimate of drug-likeness (QED) is 0.00854. The van der Waals surface area contributed by atoms with E-state index in [-0.39, 0.29) is 54.4 Å². The molecule has 0 saturated carbocycles. The zero-order valence-corrected chi connectivity index (χ0v) is 72.1. The molecule has 110 heavy (non-hydrogen) atoms. The molecule has 9 rings (SSSR count). The third kappa shape index (κ3) is 41.9. The number of nitrogens with two attached hydrogens (primary N) is 4. The Balaban J connectivity index is 0.00000130. The van der Waals surface area contributed by atoms with Gasteiger partial charge in [-0.2, -0.15) is 13.5 Å². The van der Waals surface area contributed by atoms with Gasteiger partial charge in [0.05, 0.1) is 31.9 Å². The van der Waals surface area contributed by atoms with Crippen molar-refractivity contribution >= 4 is 224 Å². The third-order valence-corrected chi connectivity index (χ3v) is 20.7. The predicted molar refractivity (Wildman–Crippen MR) is 444 cm³/mol. The second-order valence-electron chi connectivity index (χ2n) is 20.2. The van der Waals surface area contributed by atoms with Gasteiger partial charge in [0.1, 0.15) is 32.6 Å². The van der Waals surface area contributed by atoms with E-state index < -0.39 is 52.3 Å². The number of carboxylic acid groups (broad SMARTS) is 1. The number of carbonyl (C=O) groups excluding carboxylic acids is 4. The number of carboxylic acids is 1. The first kappa shape index (κ1) is 102. The number of rotatable bonds is 20. The van der Waals surface area contributed by atoms with Gasteiger partial charge in [-0.25, -0.2) is 41.7 Å². The summed E-state index contributed by atoms with van der Waals surface area (Å²) in [5.41, 5.74) is 18.2. The van der Waals surface area contributed by atoms with Gasteiger partial charge in [-0.3, -0.25) is 34.9 Å². The lowest BCUT2D eigenvalue weighted by atomic mass is 10.2. The number of sulfone groups is 3. The number of amides is 2. The zero-order valence-electron chi connectivity index (χ0n) is 60.1. The van der Waals surface area contributed by atoms with E-state index >= 15 is 0 Å². The maximum Gasteiger partial charge on any atom is 0.335 e. The van der Waals surface area contributed by atoms with Crippen LogP contribution in [0.1, 0.15) is 75.5 Å². The molecule has 0 aliphatic heterocycles. The first-order chi connectivity index (χ1) is 51.7. The number of hydrogen-bond donors (Lipinski definition) is 11. The van der Waals surface area contributed by atoms with E-state index in [4.69, 9.17) is 89.5 Å². The molecule has 35 nitrogen and oxygen atoms in total. The fourth-order valence-corrected chi connectivity index (χ4v) is 12.3. The third-order valence-electron chi connectivity index (χ3n) is 12.0. The molecule has 0 unspecified atom stereocenters. The largest absolute Gasteiger partial charge is 0.478 e. The normalized spacial score (nSPS) is 10.1. The molecule has 5 heterocycles. The van der Waals surface area contributed by atoms with Crippen molar-refractivity contribution in [3.05, 3.63) is 125 Å². The number of thiocarbonyl (C=S) groups is 2. The van der Waals surface area contributed by atoms with Crippen LogP contribution in [0.3, 0.4) is 0 Å². The molecule has 0 radical (unpaired) electrons. The number of carbonyl (C=O) groups is 5. The minimum atomic E-state index is -3.25. The average Bonchev–Trinajstić information content (AvgIpc) is 1.52. The van der Waals surface area contributed by atoms with E-state index in [0.29, 0.717) is 52.7 Å². The summed E-state index contributed by atoms with van der Waals surface area (Å²) in [6.45, 7) is 16.2. The summed E-state index contributed by atoms with van der Waals surface area (Å²) in [4.78, 5) is 53.5. The van der Waals surface area contributed by atoms with Gasteiger partial charge in [0, 0.05) is 74.4 Å². The molecule has 0 fully saturated rings. The average molecular weight is 1810 g/mol. The predicted octanol–water partition coefficient (Wildman–Crippen LogP) is 8.23. The van der Waals surface area contributed by atoms with Crippen LogP contribution < -0.4 is 50.0 Å². The number of benzene rings is 4. The molecule has 0 aliphatic rings. The highest BCUT2D eigenvalue weighted by Crippen LogP contribution is 2.30. The van der Waals surface area contributed by atoms with Crippen LogP contribution in [0.15, 0.2) is 117 Å². The molecule has 2 amide bonds. The molecule has 0 saturated heterocycles. The van der Waals surface area contributed by atoms with E-state index in [1.807, 2.05) is 42.3 Å². The highest BCUT2D eigenvalue weighted by molar-refractivity contribution is 7.99. The van der Waals surface area contributed by atoms with Crippen LogP contribution >= 0.6 is 129 Å². The number of thioether (sulfide) groups is 1. The number of aromatic amines is 1. The van der Waals surface area contributed by atoms with Gasteiger partial charge in [0.15, 0.2) is 49.7 Å². The van der Waals surface area contributed by atoms with Crippen LogP contribution in [0.2, 0.25) is 0 Å². The van der Waals surface area contributed by atoms with Crippen molar-refractivity contribution in [2.75, 3.05) is 59.2 Å². The Bertz CT molecular complexity index is 4790. The van der Waals surface area contributed by atoms with Gasteiger partial charge < -0.3 is 41.9 Å².